The number of nitrogen functional groups attached to an aromatic ring is 1. The van der Waals surface area contributed by atoms with Gasteiger partial charge >= 0.3 is 12.1 Å². The zero-order valence-corrected chi connectivity index (χ0v) is 23.0. The van der Waals surface area contributed by atoms with Crippen LogP contribution in [-0.4, -0.2) is 79.1 Å². The Morgan fingerprint density at radius 3 is 2.51 bits per heavy atom. The normalized spacial score (nSPS) is 15.2. The first-order valence-corrected chi connectivity index (χ1v) is 12.8. The molecular weight excluding hydrogens is 592 g/mol. The minimum Gasteiger partial charge on any atom is -0.475 e. The van der Waals surface area contributed by atoms with Crippen molar-refractivity contribution in [2.45, 2.75) is 32.1 Å². The second-order valence-corrected chi connectivity index (χ2v) is 9.69. The highest BCUT2D eigenvalue weighted by molar-refractivity contribution is 6.35. The summed E-state index contributed by atoms with van der Waals surface area (Å²) in [4.78, 5) is 33.8. The molecule has 0 radical (unpaired) electrons. The Labute approximate surface area is 240 Å². The molecule has 1 amide bonds. The average Bonchev–Trinajstić information content (AvgIpc) is 3.67. The molecular formula is C24H23Cl2F3N8O4. The minimum atomic E-state index is -5.08. The van der Waals surface area contributed by atoms with E-state index in [4.69, 9.17) is 48.4 Å². The third-order valence-corrected chi connectivity index (χ3v) is 6.92. The number of carboxylic acid groups (broad SMARTS) is 1. The third kappa shape index (κ3) is 6.06. The van der Waals surface area contributed by atoms with Crippen LogP contribution in [-0.2, 0) is 11.3 Å². The topological polar surface area (TPSA) is 165 Å². The molecule has 0 spiro atoms. The lowest BCUT2D eigenvalue weighted by molar-refractivity contribution is -0.192. The molecule has 1 aliphatic rings. The van der Waals surface area contributed by atoms with E-state index < -0.39 is 12.1 Å². The fraction of sp³-hybridized carbons (Fsp3) is 0.333. The van der Waals surface area contributed by atoms with Crippen molar-refractivity contribution in [3.05, 3.63) is 40.0 Å². The number of carbonyl (C=O) groups is 2. The number of likely N-dealkylation sites (N-methyl/N-ethyl adjacent to an activating group) is 1. The Morgan fingerprint density at radius 2 is 1.95 bits per heavy atom. The van der Waals surface area contributed by atoms with Crippen LogP contribution in [0.25, 0.3) is 33.8 Å². The molecule has 4 N–H and O–H groups in total. The van der Waals surface area contributed by atoms with E-state index in [1.165, 1.54) is 0 Å². The zero-order valence-electron chi connectivity index (χ0n) is 21.5. The van der Waals surface area contributed by atoms with Gasteiger partial charge in [-0.2, -0.15) is 13.2 Å². The summed E-state index contributed by atoms with van der Waals surface area (Å²) in [5.41, 5.74) is 8.90. The number of carboxylic acids is 1. The van der Waals surface area contributed by atoms with Gasteiger partial charge in [-0.25, -0.2) is 14.4 Å². The molecule has 1 aromatic carbocycles. The number of rotatable bonds is 5. The number of hydrogen-bond acceptors (Lipinski definition) is 9. The molecule has 4 aromatic rings. The Bertz CT molecular complexity index is 1610. The first kappa shape index (κ1) is 30.0. The van der Waals surface area contributed by atoms with Crippen molar-refractivity contribution in [3.8, 4) is 22.8 Å². The van der Waals surface area contributed by atoms with Crippen molar-refractivity contribution >= 4 is 51.9 Å². The smallest absolute Gasteiger partial charge is 0.475 e. The number of alkyl halides is 3. The van der Waals surface area contributed by atoms with Crippen molar-refractivity contribution in [2.24, 2.45) is 0 Å². The number of benzene rings is 1. The highest BCUT2D eigenvalue weighted by Gasteiger charge is 2.38. The molecule has 1 fully saturated rings. The summed E-state index contributed by atoms with van der Waals surface area (Å²) in [6, 6.07) is 5.38. The maximum Gasteiger partial charge on any atom is 0.490 e. The molecule has 1 atom stereocenters. The number of imidazole rings is 1. The highest BCUT2D eigenvalue weighted by Crippen LogP contribution is 2.37. The Kier molecular flexibility index (Phi) is 8.70. The number of aryl methyl sites for hydroxylation is 1. The lowest BCUT2D eigenvalue weighted by Gasteiger charge is -2.18. The zero-order chi connectivity index (χ0) is 30.1. The van der Waals surface area contributed by atoms with Crippen LogP contribution in [0.5, 0.6) is 0 Å². The van der Waals surface area contributed by atoms with Gasteiger partial charge in [0.05, 0.1) is 21.8 Å². The number of hydrogen-bond donors (Lipinski definition) is 3. The van der Waals surface area contributed by atoms with Crippen LogP contribution >= 0.6 is 23.2 Å². The van der Waals surface area contributed by atoms with Crippen molar-refractivity contribution in [3.63, 3.8) is 0 Å². The van der Waals surface area contributed by atoms with Gasteiger partial charge in [-0.15, -0.1) is 0 Å². The van der Waals surface area contributed by atoms with E-state index in [-0.39, 0.29) is 23.5 Å². The predicted octanol–water partition coefficient (Wildman–Crippen LogP) is 4.12. The number of nitrogens with zero attached hydrogens (tertiary/aromatic N) is 6. The summed E-state index contributed by atoms with van der Waals surface area (Å²) >= 11 is 12.8. The summed E-state index contributed by atoms with van der Waals surface area (Å²) in [6.45, 7) is 3.71. The van der Waals surface area contributed by atoms with E-state index in [0.717, 1.165) is 6.42 Å². The molecule has 1 aliphatic heterocycles. The monoisotopic (exact) mass is 614 g/mol. The SMILES string of the molecule is CCn1c(-c2nonc2N)nc2c(-c3cc(Cl)ccc3Cl)ncc(C(=O)N3CCC(NC)C3)c21.O=C(O)C(F)(F)F. The fourth-order valence-corrected chi connectivity index (χ4v) is 4.74. The number of aliphatic carboxylic acids is 1. The molecule has 5 rings (SSSR count). The van der Waals surface area contributed by atoms with E-state index in [2.05, 4.69) is 20.6 Å². The van der Waals surface area contributed by atoms with Crippen LogP contribution in [0.1, 0.15) is 23.7 Å². The molecule has 1 saturated heterocycles. The van der Waals surface area contributed by atoms with E-state index in [0.29, 0.717) is 63.4 Å². The van der Waals surface area contributed by atoms with Gasteiger partial charge in [-0.3, -0.25) is 9.78 Å². The molecule has 218 valence electrons. The predicted molar refractivity (Wildman–Crippen MR) is 143 cm³/mol. The number of carbonyl (C=O) groups excluding carboxylic acids is 1. The van der Waals surface area contributed by atoms with Crippen LogP contribution < -0.4 is 11.1 Å². The summed E-state index contributed by atoms with van der Waals surface area (Å²) < 4.78 is 38.4. The maximum absolute atomic E-state index is 13.6. The lowest BCUT2D eigenvalue weighted by Crippen LogP contribution is -2.33. The van der Waals surface area contributed by atoms with E-state index in [1.54, 1.807) is 24.4 Å². The molecule has 41 heavy (non-hydrogen) atoms. The van der Waals surface area contributed by atoms with E-state index in [1.807, 2.05) is 23.4 Å². The van der Waals surface area contributed by atoms with Gasteiger partial charge in [0.2, 0.25) is 0 Å². The first-order chi connectivity index (χ1) is 19.4. The maximum atomic E-state index is 13.6. The van der Waals surface area contributed by atoms with E-state index >= 15 is 0 Å². The Balaban J connectivity index is 0.000000493. The van der Waals surface area contributed by atoms with Crippen LogP contribution in [0.2, 0.25) is 10.0 Å². The van der Waals surface area contributed by atoms with Gasteiger partial charge < -0.3 is 25.6 Å². The molecule has 3 aromatic heterocycles. The second-order valence-electron chi connectivity index (χ2n) is 8.85. The summed E-state index contributed by atoms with van der Waals surface area (Å²) in [5.74, 6) is -2.35. The fourth-order valence-electron chi connectivity index (χ4n) is 4.36. The summed E-state index contributed by atoms with van der Waals surface area (Å²) in [7, 11) is 1.90. The Hall–Kier alpha value is -3.95. The first-order valence-electron chi connectivity index (χ1n) is 12.1. The number of nitrogens with one attached hydrogen (secondary N) is 1. The van der Waals surface area contributed by atoms with Crippen molar-refractivity contribution < 1.29 is 32.5 Å². The minimum absolute atomic E-state index is 0.101. The number of fused-ring (bicyclic) bond motifs is 1. The Morgan fingerprint density at radius 1 is 1.24 bits per heavy atom. The van der Waals surface area contributed by atoms with Crippen molar-refractivity contribution in [1.29, 1.82) is 0 Å². The third-order valence-electron chi connectivity index (χ3n) is 6.35. The number of aromatic nitrogens is 5. The molecule has 1 unspecified atom stereocenters. The molecule has 0 aliphatic carbocycles. The molecule has 17 heteroatoms. The number of halogens is 5. The van der Waals surface area contributed by atoms with Crippen molar-refractivity contribution in [2.75, 3.05) is 25.9 Å². The summed E-state index contributed by atoms with van der Waals surface area (Å²) in [6.07, 6.45) is -2.62. The van der Waals surface area contributed by atoms with E-state index in [9.17, 15) is 18.0 Å². The molecule has 12 nitrogen and oxygen atoms in total. The van der Waals surface area contributed by atoms with Gasteiger partial charge in [0.1, 0.15) is 5.52 Å². The lowest BCUT2D eigenvalue weighted by atomic mass is 10.1. The second kappa shape index (κ2) is 11.9. The van der Waals surface area contributed by atoms with Gasteiger partial charge in [-0.05, 0) is 48.9 Å². The number of anilines is 1. The molecule has 4 heterocycles. The number of likely N-dealkylation sites (tertiary alicyclic amines) is 1. The molecule has 0 bridgehead atoms. The number of pyridine rings is 1. The quantitative estimate of drug-likeness (QED) is 0.297. The molecule has 0 saturated carbocycles. The highest BCUT2D eigenvalue weighted by atomic mass is 35.5. The van der Waals surface area contributed by atoms with Crippen molar-refractivity contribution in [1.82, 2.24) is 35.1 Å². The van der Waals surface area contributed by atoms with Gasteiger partial charge in [-0.1, -0.05) is 23.2 Å². The standard InChI is InChI=1S/C22H22Cl2N8O2.C2HF3O2/c1-3-32-19-14(22(33)31-7-6-12(10-31)26-2)9-27-16(13-8-11(23)4-5-15(13)24)17(19)28-21(32)18-20(25)30-34-29-18;3-2(4,5)1(6)7/h4-5,8-9,12,26H,3,6-7,10H2,1-2H3,(H2,25,30);(H,6,7). The van der Waals surface area contributed by atoms with Gasteiger partial charge in [0, 0.05) is 42.5 Å². The van der Waals surface area contributed by atoms with Crippen LogP contribution in [0.15, 0.2) is 29.0 Å². The largest absolute Gasteiger partial charge is 0.490 e. The van der Waals surface area contributed by atoms with Crippen LogP contribution in [0.3, 0.4) is 0 Å². The average molecular weight is 615 g/mol. The van der Waals surface area contributed by atoms with Gasteiger partial charge in [0.15, 0.2) is 17.3 Å². The van der Waals surface area contributed by atoms with Crippen LogP contribution in [0.4, 0.5) is 19.0 Å². The number of nitrogens with two attached hydrogens (primary N) is 1. The summed E-state index contributed by atoms with van der Waals surface area (Å²) in [5, 5.41) is 18.9. The van der Waals surface area contributed by atoms with Crippen LogP contribution in [0, 0.1) is 0 Å². The number of amides is 1. The van der Waals surface area contributed by atoms with Gasteiger partial charge in [0.25, 0.3) is 5.91 Å².